The number of carbonyl (C=O) groups excluding carboxylic acids is 2. The SMILES string of the molecule is CCC[C@@](C)(O)CCC[C@H](NC(=O)[C@H](C)NC)C(=O)N1CCC[C@H]1c1nc(-c2ccc(F)c3ccccc23)cs1. The van der Waals surface area contributed by atoms with Crippen molar-refractivity contribution in [2.45, 2.75) is 89.4 Å². The van der Waals surface area contributed by atoms with Crippen LogP contribution in [0.1, 0.15) is 76.8 Å². The average molecular weight is 569 g/mol. The molecule has 2 amide bonds. The molecular formula is C31H41FN4O3S. The highest BCUT2D eigenvalue weighted by Gasteiger charge is 2.36. The molecule has 3 N–H and O–H groups in total. The summed E-state index contributed by atoms with van der Waals surface area (Å²) in [6.07, 6.45) is 4.85. The normalized spacial score (nSPS) is 18.4. The van der Waals surface area contributed by atoms with Gasteiger partial charge in [-0.3, -0.25) is 9.59 Å². The Morgan fingerprint density at radius 1 is 1.23 bits per heavy atom. The van der Waals surface area contributed by atoms with E-state index in [0.717, 1.165) is 40.9 Å². The predicted octanol–water partition coefficient (Wildman–Crippen LogP) is 5.58. The molecule has 1 fully saturated rings. The fraction of sp³-hybridized carbons (Fsp3) is 0.516. The summed E-state index contributed by atoms with van der Waals surface area (Å²) in [4.78, 5) is 33.5. The average Bonchev–Trinajstić information content (AvgIpc) is 3.62. The highest BCUT2D eigenvalue weighted by atomic mass is 32.1. The van der Waals surface area contributed by atoms with Crippen LogP contribution in [-0.4, -0.2) is 58.1 Å². The summed E-state index contributed by atoms with van der Waals surface area (Å²) in [6.45, 7) is 6.23. The van der Waals surface area contributed by atoms with Crippen molar-refractivity contribution in [1.82, 2.24) is 20.5 Å². The van der Waals surface area contributed by atoms with Crippen LogP contribution in [0.15, 0.2) is 41.8 Å². The van der Waals surface area contributed by atoms with Gasteiger partial charge in [0.25, 0.3) is 0 Å². The molecule has 4 atom stereocenters. The summed E-state index contributed by atoms with van der Waals surface area (Å²) in [5.41, 5.74) is 0.838. The number of benzene rings is 2. The Morgan fingerprint density at radius 3 is 2.70 bits per heavy atom. The third kappa shape index (κ3) is 6.87. The maximum atomic E-state index is 14.4. The number of aliphatic hydroxyl groups is 1. The van der Waals surface area contributed by atoms with Crippen molar-refractivity contribution in [2.75, 3.05) is 13.6 Å². The zero-order valence-electron chi connectivity index (χ0n) is 23.9. The Balaban J connectivity index is 1.54. The first-order chi connectivity index (χ1) is 19.1. The molecule has 0 radical (unpaired) electrons. The number of fused-ring (bicyclic) bond motifs is 1. The lowest BCUT2D eigenvalue weighted by Crippen LogP contribution is -2.52. The number of aromatic nitrogens is 1. The van der Waals surface area contributed by atoms with Gasteiger partial charge in [-0.1, -0.05) is 37.6 Å². The summed E-state index contributed by atoms with van der Waals surface area (Å²) in [5, 5.41) is 20.7. The highest BCUT2D eigenvalue weighted by molar-refractivity contribution is 7.10. The fourth-order valence-electron chi connectivity index (χ4n) is 5.57. The third-order valence-corrected chi connectivity index (χ3v) is 8.87. The molecule has 216 valence electrons. The molecule has 4 rings (SSSR count). The Kier molecular flexibility index (Phi) is 9.92. The van der Waals surface area contributed by atoms with Gasteiger partial charge in [0.15, 0.2) is 0 Å². The lowest BCUT2D eigenvalue weighted by Gasteiger charge is -2.30. The van der Waals surface area contributed by atoms with Gasteiger partial charge < -0.3 is 20.6 Å². The first kappa shape index (κ1) is 30.1. The number of carbonyl (C=O) groups is 2. The number of nitrogens with one attached hydrogen (secondary N) is 2. The summed E-state index contributed by atoms with van der Waals surface area (Å²) in [5.74, 6) is -0.603. The lowest BCUT2D eigenvalue weighted by atomic mass is 9.92. The van der Waals surface area contributed by atoms with Crippen molar-refractivity contribution in [3.63, 3.8) is 0 Å². The van der Waals surface area contributed by atoms with Gasteiger partial charge in [0.2, 0.25) is 11.8 Å². The second-order valence-electron chi connectivity index (χ2n) is 11.1. The van der Waals surface area contributed by atoms with Crippen molar-refractivity contribution < 1.29 is 19.1 Å². The summed E-state index contributed by atoms with van der Waals surface area (Å²) >= 11 is 1.51. The van der Waals surface area contributed by atoms with Gasteiger partial charge in [-0.2, -0.15) is 0 Å². The van der Waals surface area contributed by atoms with Crippen LogP contribution in [0.2, 0.25) is 0 Å². The molecule has 0 unspecified atom stereocenters. The van der Waals surface area contributed by atoms with Crippen molar-refractivity contribution in [3.8, 4) is 11.3 Å². The minimum atomic E-state index is -0.789. The second-order valence-corrected chi connectivity index (χ2v) is 12.0. The lowest BCUT2D eigenvalue weighted by molar-refractivity contribution is -0.138. The maximum absolute atomic E-state index is 14.4. The van der Waals surface area contributed by atoms with Crippen molar-refractivity contribution in [3.05, 3.63) is 52.6 Å². The van der Waals surface area contributed by atoms with Crippen LogP contribution in [0.25, 0.3) is 22.0 Å². The van der Waals surface area contributed by atoms with Crippen LogP contribution in [0.4, 0.5) is 4.39 Å². The number of thiazole rings is 1. The predicted molar refractivity (Wildman–Crippen MR) is 159 cm³/mol. The van der Waals surface area contributed by atoms with E-state index in [4.69, 9.17) is 4.98 Å². The molecule has 9 heteroatoms. The number of likely N-dealkylation sites (tertiary alicyclic amines) is 1. The van der Waals surface area contributed by atoms with Gasteiger partial charge in [-0.15, -0.1) is 11.3 Å². The summed E-state index contributed by atoms with van der Waals surface area (Å²) in [7, 11) is 1.71. The van der Waals surface area contributed by atoms with E-state index >= 15 is 0 Å². The number of nitrogens with zero attached hydrogens (tertiary/aromatic N) is 2. The Labute approximate surface area is 240 Å². The van der Waals surface area contributed by atoms with Crippen LogP contribution in [0.3, 0.4) is 0 Å². The Hall–Kier alpha value is -2.88. The molecule has 1 aliphatic rings. The minimum Gasteiger partial charge on any atom is -0.390 e. The number of likely N-dealkylation sites (N-methyl/N-ethyl adjacent to an activating group) is 1. The fourth-order valence-corrected chi connectivity index (χ4v) is 6.54. The zero-order valence-corrected chi connectivity index (χ0v) is 24.7. The number of halogens is 1. The van der Waals surface area contributed by atoms with Gasteiger partial charge >= 0.3 is 0 Å². The van der Waals surface area contributed by atoms with E-state index in [2.05, 4.69) is 10.6 Å². The molecule has 0 aliphatic carbocycles. The molecule has 0 saturated carbocycles. The largest absolute Gasteiger partial charge is 0.390 e. The number of rotatable bonds is 12. The zero-order chi connectivity index (χ0) is 28.9. The van der Waals surface area contributed by atoms with Crippen LogP contribution >= 0.6 is 11.3 Å². The maximum Gasteiger partial charge on any atom is 0.245 e. The monoisotopic (exact) mass is 568 g/mol. The van der Waals surface area contributed by atoms with Crippen molar-refractivity contribution in [1.29, 1.82) is 0 Å². The van der Waals surface area contributed by atoms with Crippen LogP contribution in [0.5, 0.6) is 0 Å². The van der Waals surface area contributed by atoms with Gasteiger partial charge in [0.1, 0.15) is 16.9 Å². The minimum absolute atomic E-state index is 0.113. The highest BCUT2D eigenvalue weighted by Crippen LogP contribution is 2.38. The molecule has 0 bridgehead atoms. The summed E-state index contributed by atoms with van der Waals surface area (Å²) in [6, 6.07) is 9.32. The molecule has 0 spiro atoms. The molecule has 3 aromatic rings. The molecule has 2 aromatic carbocycles. The number of hydrogen-bond acceptors (Lipinski definition) is 6. The molecule has 7 nitrogen and oxygen atoms in total. The second kappa shape index (κ2) is 13.2. The summed E-state index contributed by atoms with van der Waals surface area (Å²) < 4.78 is 14.4. The van der Waals surface area contributed by atoms with E-state index in [1.54, 1.807) is 26.1 Å². The topological polar surface area (TPSA) is 94.6 Å². The van der Waals surface area contributed by atoms with Gasteiger partial charge in [-0.25, -0.2) is 9.37 Å². The quantitative estimate of drug-likeness (QED) is 0.265. The van der Waals surface area contributed by atoms with E-state index in [0.29, 0.717) is 37.6 Å². The standard InChI is InChI=1S/C31H41FN4O3S/c1-5-16-31(3,39)17-8-12-25(34-28(37)20(2)33-4)30(38)36-18-9-13-27(36)29-35-26(19-40-29)23-14-15-24(32)22-11-7-6-10-21(22)23/h6-7,10-11,14-15,19-20,25,27,33,39H,5,8-9,12-13,16-18H2,1-4H3,(H,34,37)/t20-,25-,27-,31+/m0/s1. The molecule has 1 saturated heterocycles. The van der Waals surface area contributed by atoms with Crippen LogP contribution < -0.4 is 10.6 Å². The number of hydrogen-bond donors (Lipinski definition) is 3. The van der Waals surface area contributed by atoms with Gasteiger partial charge in [0, 0.05) is 22.9 Å². The van der Waals surface area contributed by atoms with E-state index in [-0.39, 0.29) is 23.7 Å². The van der Waals surface area contributed by atoms with Crippen LogP contribution in [0, 0.1) is 5.82 Å². The van der Waals surface area contributed by atoms with Crippen molar-refractivity contribution in [2.24, 2.45) is 0 Å². The third-order valence-electron chi connectivity index (χ3n) is 7.93. The van der Waals surface area contributed by atoms with Gasteiger partial charge in [0.05, 0.1) is 23.4 Å². The molecule has 2 heterocycles. The first-order valence-electron chi connectivity index (χ1n) is 14.3. The van der Waals surface area contributed by atoms with Gasteiger partial charge in [-0.05, 0) is 76.9 Å². The smallest absolute Gasteiger partial charge is 0.245 e. The van der Waals surface area contributed by atoms with E-state index in [1.807, 2.05) is 42.3 Å². The van der Waals surface area contributed by atoms with Crippen molar-refractivity contribution >= 4 is 33.9 Å². The molecule has 1 aromatic heterocycles. The van der Waals surface area contributed by atoms with E-state index in [9.17, 15) is 19.1 Å². The first-order valence-corrected chi connectivity index (χ1v) is 15.2. The van der Waals surface area contributed by atoms with Crippen LogP contribution in [-0.2, 0) is 9.59 Å². The molecular weight excluding hydrogens is 527 g/mol. The van der Waals surface area contributed by atoms with E-state index < -0.39 is 17.7 Å². The Bertz CT molecular complexity index is 1330. The van der Waals surface area contributed by atoms with E-state index in [1.165, 1.54) is 17.4 Å². The molecule has 40 heavy (non-hydrogen) atoms. The molecule has 1 aliphatic heterocycles. The Morgan fingerprint density at radius 2 is 1.98 bits per heavy atom. The number of amides is 2.